The van der Waals surface area contributed by atoms with E-state index in [9.17, 15) is 13.2 Å². The van der Waals surface area contributed by atoms with Gasteiger partial charge in [-0.3, -0.25) is 4.90 Å². The van der Waals surface area contributed by atoms with Crippen LogP contribution in [0.2, 0.25) is 5.15 Å². The fraction of sp³-hybridized carbons (Fsp3) is 0.700. The Morgan fingerprint density at radius 3 is 2.61 bits per heavy atom. The summed E-state index contributed by atoms with van der Waals surface area (Å²) in [5.74, 6) is 0.460. The molecule has 8 heteroatoms. The number of hydrogen-bond donors (Lipinski definition) is 1. The zero-order valence-electron chi connectivity index (χ0n) is 9.91. The van der Waals surface area contributed by atoms with Crippen LogP contribution in [0.25, 0.3) is 0 Å². The third-order valence-corrected chi connectivity index (χ3v) is 2.78. The third-order valence-electron chi connectivity index (χ3n) is 2.43. The van der Waals surface area contributed by atoms with E-state index in [2.05, 4.69) is 4.98 Å². The molecule has 0 amide bonds. The summed E-state index contributed by atoms with van der Waals surface area (Å²) in [5, 5.41) is 9.06. The Bertz CT molecular complexity index is 381. The molecule has 0 aliphatic carbocycles. The van der Waals surface area contributed by atoms with Gasteiger partial charge in [-0.25, -0.2) is 4.98 Å². The van der Waals surface area contributed by atoms with Crippen molar-refractivity contribution in [2.24, 2.45) is 7.05 Å². The van der Waals surface area contributed by atoms with E-state index >= 15 is 0 Å². The van der Waals surface area contributed by atoms with Gasteiger partial charge in [-0.1, -0.05) is 11.6 Å². The van der Waals surface area contributed by atoms with Crippen LogP contribution in [0.5, 0.6) is 0 Å². The largest absolute Gasteiger partial charge is 0.401 e. The predicted molar refractivity (Wildman–Crippen MR) is 61.3 cm³/mol. The molecule has 104 valence electrons. The molecule has 4 nitrogen and oxygen atoms in total. The Kier molecular flexibility index (Phi) is 5.43. The van der Waals surface area contributed by atoms with Gasteiger partial charge < -0.3 is 9.67 Å². The van der Waals surface area contributed by atoms with Crippen LogP contribution < -0.4 is 0 Å². The van der Waals surface area contributed by atoms with Crippen molar-refractivity contribution >= 4 is 11.6 Å². The minimum Gasteiger partial charge on any atom is -0.396 e. The topological polar surface area (TPSA) is 41.3 Å². The number of aromatic nitrogens is 2. The molecular formula is C10H15ClF3N3O. The molecule has 0 spiro atoms. The number of nitrogens with zero attached hydrogens (tertiary/aromatic N) is 3. The van der Waals surface area contributed by atoms with Crippen molar-refractivity contribution in [1.82, 2.24) is 14.5 Å². The second kappa shape index (κ2) is 6.40. The molecule has 0 aliphatic heterocycles. The number of alkyl halides is 3. The summed E-state index contributed by atoms with van der Waals surface area (Å²) >= 11 is 5.77. The minimum atomic E-state index is -4.27. The van der Waals surface area contributed by atoms with Gasteiger partial charge in [-0.05, 0) is 6.42 Å². The Balaban J connectivity index is 2.68. The summed E-state index contributed by atoms with van der Waals surface area (Å²) in [7, 11) is 1.64. The molecule has 0 radical (unpaired) electrons. The van der Waals surface area contributed by atoms with E-state index in [1.165, 1.54) is 15.7 Å². The lowest BCUT2D eigenvalue weighted by molar-refractivity contribution is -0.147. The van der Waals surface area contributed by atoms with Gasteiger partial charge >= 0.3 is 6.18 Å². The van der Waals surface area contributed by atoms with Gasteiger partial charge in [0, 0.05) is 20.2 Å². The number of rotatable bonds is 6. The molecule has 18 heavy (non-hydrogen) atoms. The Morgan fingerprint density at radius 1 is 1.50 bits per heavy atom. The molecule has 0 fully saturated rings. The van der Waals surface area contributed by atoms with E-state index in [0.717, 1.165) is 0 Å². The van der Waals surface area contributed by atoms with Crippen molar-refractivity contribution in [3.63, 3.8) is 0 Å². The summed E-state index contributed by atoms with van der Waals surface area (Å²) in [6, 6.07) is 0. The standard InChI is InChI=1S/C10H15ClF3N3O/c1-16-8(11)5-15-9(16)6-17(3-2-4-18)7-10(12,13)14/h5,18H,2-4,6-7H2,1H3. The highest BCUT2D eigenvalue weighted by Crippen LogP contribution is 2.19. The van der Waals surface area contributed by atoms with Crippen LogP contribution in [0.3, 0.4) is 0 Å². The summed E-state index contributed by atoms with van der Waals surface area (Å²) < 4.78 is 38.7. The molecule has 0 bridgehead atoms. The van der Waals surface area contributed by atoms with Crippen LogP contribution in [0.1, 0.15) is 12.2 Å². The van der Waals surface area contributed by atoms with Crippen molar-refractivity contribution in [2.75, 3.05) is 19.7 Å². The normalized spacial score (nSPS) is 12.4. The second-order valence-electron chi connectivity index (χ2n) is 3.96. The van der Waals surface area contributed by atoms with Crippen molar-refractivity contribution in [3.8, 4) is 0 Å². The Hall–Kier alpha value is -0.790. The van der Waals surface area contributed by atoms with Crippen molar-refractivity contribution < 1.29 is 18.3 Å². The molecule has 0 aliphatic rings. The summed E-state index contributed by atoms with van der Waals surface area (Å²) in [4.78, 5) is 5.14. The third kappa shape index (κ3) is 4.83. The molecule has 0 saturated heterocycles. The van der Waals surface area contributed by atoms with Crippen LogP contribution in [0.4, 0.5) is 13.2 Å². The molecule has 1 aromatic heterocycles. The van der Waals surface area contributed by atoms with Crippen LogP contribution in [-0.4, -0.2) is 45.4 Å². The highest BCUT2D eigenvalue weighted by atomic mass is 35.5. The van der Waals surface area contributed by atoms with E-state index in [0.29, 0.717) is 11.0 Å². The molecule has 1 aromatic rings. The van der Waals surface area contributed by atoms with Gasteiger partial charge in [0.05, 0.1) is 19.3 Å². The van der Waals surface area contributed by atoms with Gasteiger partial charge in [0.1, 0.15) is 11.0 Å². The number of hydrogen-bond acceptors (Lipinski definition) is 3. The van der Waals surface area contributed by atoms with Gasteiger partial charge in [0.2, 0.25) is 0 Å². The first kappa shape index (κ1) is 15.3. The van der Waals surface area contributed by atoms with Gasteiger partial charge in [-0.15, -0.1) is 0 Å². The molecule has 0 aromatic carbocycles. The fourth-order valence-corrected chi connectivity index (χ4v) is 1.68. The van der Waals surface area contributed by atoms with Crippen LogP contribution in [0.15, 0.2) is 6.20 Å². The fourth-order valence-electron chi connectivity index (χ4n) is 1.53. The van der Waals surface area contributed by atoms with Crippen molar-refractivity contribution in [3.05, 3.63) is 17.2 Å². The molecule has 0 unspecified atom stereocenters. The predicted octanol–water partition coefficient (Wildman–Crippen LogP) is 1.82. The molecule has 0 atom stereocenters. The number of halogens is 4. The first-order valence-electron chi connectivity index (χ1n) is 5.39. The minimum absolute atomic E-state index is 0.0444. The van der Waals surface area contributed by atoms with Gasteiger partial charge in [-0.2, -0.15) is 13.2 Å². The monoisotopic (exact) mass is 285 g/mol. The molecular weight excluding hydrogens is 271 g/mol. The lowest BCUT2D eigenvalue weighted by Gasteiger charge is -2.22. The maximum Gasteiger partial charge on any atom is 0.401 e. The zero-order chi connectivity index (χ0) is 13.8. The maximum absolute atomic E-state index is 12.4. The highest BCUT2D eigenvalue weighted by Gasteiger charge is 2.31. The van der Waals surface area contributed by atoms with E-state index in [-0.39, 0.29) is 26.1 Å². The van der Waals surface area contributed by atoms with Crippen LogP contribution >= 0.6 is 11.6 Å². The highest BCUT2D eigenvalue weighted by molar-refractivity contribution is 6.29. The molecule has 1 heterocycles. The summed E-state index contributed by atoms with van der Waals surface area (Å²) in [6.45, 7) is -0.976. The first-order valence-corrected chi connectivity index (χ1v) is 5.77. The zero-order valence-corrected chi connectivity index (χ0v) is 10.7. The number of imidazole rings is 1. The average Bonchev–Trinajstić information content (AvgIpc) is 2.56. The van der Waals surface area contributed by atoms with E-state index in [1.54, 1.807) is 7.05 Å². The Morgan fingerprint density at radius 2 is 2.17 bits per heavy atom. The van der Waals surface area contributed by atoms with E-state index in [4.69, 9.17) is 16.7 Å². The number of aliphatic hydroxyl groups excluding tert-OH is 1. The molecule has 1 rings (SSSR count). The summed E-state index contributed by atoms with van der Waals surface area (Å²) in [5.41, 5.74) is 0. The van der Waals surface area contributed by atoms with E-state index in [1.807, 2.05) is 0 Å². The summed E-state index contributed by atoms with van der Waals surface area (Å²) in [6.07, 6.45) is -2.59. The molecule has 1 N–H and O–H groups in total. The second-order valence-corrected chi connectivity index (χ2v) is 4.35. The maximum atomic E-state index is 12.4. The lowest BCUT2D eigenvalue weighted by Crippen LogP contribution is -2.35. The number of aliphatic hydroxyl groups is 1. The van der Waals surface area contributed by atoms with Crippen molar-refractivity contribution in [2.45, 2.75) is 19.1 Å². The van der Waals surface area contributed by atoms with Crippen LogP contribution in [-0.2, 0) is 13.6 Å². The van der Waals surface area contributed by atoms with Crippen molar-refractivity contribution in [1.29, 1.82) is 0 Å². The SMILES string of the molecule is Cn1c(Cl)cnc1CN(CCCO)CC(F)(F)F. The van der Waals surface area contributed by atoms with Gasteiger partial charge in [0.25, 0.3) is 0 Å². The lowest BCUT2D eigenvalue weighted by atomic mass is 10.3. The van der Waals surface area contributed by atoms with Gasteiger partial charge in [0.15, 0.2) is 0 Å². The average molecular weight is 286 g/mol. The Labute approximate surface area is 108 Å². The molecule has 0 saturated carbocycles. The quantitative estimate of drug-likeness (QED) is 0.867. The smallest absolute Gasteiger partial charge is 0.396 e. The van der Waals surface area contributed by atoms with E-state index < -0.39 is 12.7 Å². The van der Waals surface area contributed by atoms with Crippen LogP contribution in [0, 0.1) is 0 Å². The first-order chi connectivity index (χ1) is 8.33.